The molecule has 0 radical (unpaired) electrons. The molecular formula is C13H18N2O4. The molecule has 0 saturated heterocycles. The van der Waals surface area contributed by atoms with Crippen LogP contribution in [0.15, 0.2) is 18.2 Å². The van der Waals surface area contributed by atoms with E-state index < -0.39 is 0 Å². The lowest BCUT2D eigenvalue weighted by Crippen LogP contribution is -2.36. The average Bonchev–Trinajstić information content (AvgIpc) is 2.44. The van der Waals surface area contributed by atoms with Gasteiger partial charge in [0.1, 0.15) is 11.5 Å². The van der Waals surface area contributed by atoms with Crippen molar-refractivity contribution in [3.63, 3.8) is 0 Å². The van der Waals surface area contributed by atoms with Gasteiger partial charge in [0, 0.05) is 12.6 Å². The van der Waals surface area contributed by atoms with Crippen LogP contribution in [0.4, 0.5) is 0 Å². The lowest BCUT2D eigenvalue weighted by atomic mass is 10.1. The van der Waals surface area contributed by atoms with Crippen molar-refractivity contribution in [1.29, 1.82) is 0 Å². The van der Waals surface area contributed by atoms with Crippen molar-refractivity contribution in [3.8, 4) is 11.5 Å². The molecule has 2 N–H and O–H groups in total. The number of methoxy groups -OCH3 is 2. The number of likely N-dealkylation sites (N-methyl/N-ethyl adjacent to an activating group) is 1. The van der Waals surface area contributed by atoms with Crippen LogP contribution in [0, 0.1) is 0 Å². The summed E-state index contributed by atoms with van der Waals surface area (Å²) in [6.07, 6.45) is 0. The molecule has 0 aliphatic carbocycles. The van der Waals surface area contributed by atoms with E-state index in [0.29, 0.717) is 23.6 Å². The van der Waals surface area contributed by atoms with Crippen molar-refractivity contribution in [3.05, 3.63) is 23.8 Å². The Hall–Kier alpha value is -2.24. The molecule has 0 spiro atoms. The maximum Gasteiger partial charge on any atom is 0.255 e. The standard InChI is InChI=1S/C13H18N2O4/c1-4-14-12(16)8-15-13(17)10-6-5-9(18-2)7-11(10)19-3/h5-7H,4,8H2,1-3H3,(H,14,16)(H,15,17). The summed E-state index contributed by atoms with van der Waals surface area (Å²) in [5, 5.41) is 5.12. The molecule has 6 heteroatoms. The Balaban J connectivity index is 2.73. The summed E-state index contributed by atoms with van der Waals surface area (Å²) in [5.74, 6) is 0.388. The molecule has 1 aromatic carbocycles. The number of benzene rings is 1. The maximum absolute atomic E-state index is 11.9. The zero-order valence-electron chi connectivity index (χ0n) is 11.3. The summed E-state index contributed by atoms with van der Waals surface area (Å²) >= 11 is 0. The first-order chi connectivity index (χ1) is 9.12. The Morgan fingerprint density at radius 2 is 1.89 bits per heavy atom. The van der Waals surface area contributed by atoms with E-state index in [9.17, 15) is 9.59 Å². The van der Waals surface area contributed by atoms with Crippen molar-refractivity contribution in [2.45, 2.75) is 6.92 Å². The third-order valence-corrected chi connectivity index (χ3v) is 2.44. The molecule has 1 rings (SSSR count). The van der Waals surface area contributed by atoms with Gasteiger partial charge in [-0.2, -0.15) is 0 Å². The molecule has 0 saturated carbocycles. The van der Waals surface area contributed by atoms with Gasteiger partial charge < -0.3 is 20.1 Å². The minimum Gasteiger partial charge on any atom is -0.497 e. The summed E-state index contributed by atoms with van der Waals surface area (Å²) in [6.45, 7) is 2.27. The summed E-state index contributed by atoms with van der Waals surface area (Å²) in [5.41, 5.74) is 0.354. The lowest BCUT2D eigenvalue weighted by Gasteiger charge is -2.10. The molecule has 0 aliphatic rings. The average molecular weight is 266 g/mol. The smallest absolute Gasteiger partial charge is 0.255 e. The van der Waals surface area contributed by atoms with E-state index in [4.69, 9.17) is 9.47 Å². The molecule has 0 fully saturated rings. The molecule has 6 nitrogen and oxygen atoms in total. The molecule has 0 atom stereocenters. The molecule has 0 bridgehead atoms. The van der Waals surface area contributed by atoms with Gasteiger partial charge >= 0.3 is 0 Å². The van der Waals surface area contributed by atoms with Gasteiger partial charge in [-0.25, -0.2) is 0 Å². The second-order valence-corrected chi connectivity index (χ2v) is 3.70. The molecule has 0 aliphatic heterocycles. The second-order valence-electron chi connectivity index (χ2n) is 3.70. The first-order valence-corrected chi connectivity index (χ1v) is 5.89. The highest BCUT2D eigenvalue weighted by atomic mass is 16.5. The van der Waals surface area contributed by atoms with Crippen LogP contribution in [0.3, 0.4) is 0 Å². The quantitative estimate of drug-likeness (QED) is 0.789. The number of hydrogen-bond acceptors (Lipinski definition) is 4. The summed E-state index contributed by atoms with van der Waals surface area (Å²) in [6, 6.07) is 4.86. The van der Waals surface area contributed by atoms with E-state index in [1.54, 1.807) is 18.2 Å². The van der Waals surface area contributed by atoms with Crippen LogP contribution in [0.25, 0.3) is 0 Å². The number of nitrogens with one attached hydrogen (secondary N) is 2. The summed E-state index contributed by atoms with van der Waals surface area (Å²) in [4.78, 5) is 23.2. The Bertz CT molecular complexity index is 460. The van der Waals surface area contributed by atoms with Gasteiger partial charge in [-0.15, -0.1) is 0 Å². The number of carbonyl (C=O) groups excluding carboxylic acids is 2. The number of rotatable bonds is 6. The van der Waals surface area contributed by atoms with Crippen LogP contribution >= 0.6 is 0 Å². The van der Waals surface area contributed by atoms with Crippen molar-refractivity contribution in [2.24, 2.45) is 0 Å². The van der Waals surface area contributed by atoms with Crippen LogP contribution < -0.4 is 20.1 Å². The van der Waals surface area contributed by atoms with Crippen LogP contribution in [-0.4, -0.2) is 39.1 Å². The number of amides is 2. The van der Waals surface area contributed by atoms with E-state index >= 15 is 0 Å². The molecule has 104 valence electrons. The molecule has 19 heavy (non-hydrogen) atoms. The predicted molar refractivity (Wildman–Crippen MR) is 70.6 cm³/mol. The molecular weight excluding hydrogens is 248 g/mol. The van der Waals surface area contributed by atoms with Crippen molar-refractivity contribution < 1.29 is 19.1 Å². The zero-order chi connectivity index (χ0) is 14.3. The van der Waals surface area contributed by atoms with Crippen LogP contribution in [0.5, 0.6) is 11.5 Å². The number of hydrogen-bond donors (Lipinski definition) is 2. The Morgan fingerprint density at radius 3 is 2.47 bits per heavy atom. The third kappa shape index (κ3) is 4.17. The highest BCUT2D eigenvalue weighted by Crippen LogP contribution is 2.24. The van der Waals surface area contributed by atoms with E-state index in [0.717, 1.165) is 0 Å². The van der Waals surface area contributed by atoms with Gasteiger partial charge in [0.2, 0.25) is 5.91 Å². The van der Waals surface area contributed by atoms with Gasteiger partial charge in [-0.1, -0.05) is 0 Å². The Morgan fingerprint density at radius 1 is 1.16 bits per heavy atom. The highest BCUT2D eigenvalue weighted by Gasteiger charge is 2.13. The van der Waals surface area contributed by atoms with Gasteiger partial charge in [0.05, 0.1) is 26.3 Å². The van der Waals surface area contributed by atoms with E-state index in [2.05, 4.69) is 10.6 Å². The highest BCUT2D eigenvalue weighted by molar-refractivity contribution is 5.98. The van der Waals surface area contributed by atoms with E-state index in [1.165, 1.54) is 14.2 Å². The largest absolute Gasteiger partial charge is 0.497 e. The maximum atomic E-state index is 11.9. The first kappa shape index (κ1) is 14.8. The topological polar surface area (TPSA) is 76.7 Å². The minimum absolute atomic E-state index is 0.0676. The Kier molecular flexibility index (Phi) is 5.66. The van der Waals surface area contributed by atoms with Gasteiger partial charge in [-0.3, -0.25) is 9.59 Å². The predicted octanol–water partition coefficient (Wildman–Crippen LogP) is 0.570. The van der Waals surface area contributed by atoms with Gasteiger partial charge in [0.25, 0.3) is 5.91 Å². The van der Waals surface area contributed by atoms with Gasteiger partial charge in [0.15, 0.2) is 0 Å². The summed E-state index contributed by atoms with van der Waals surface area (Å²) in [7, 11) is 3.00. The van der Waals surface area contributed by atoms with Gasteiger partial charge in [-0.05, 0) is 19.1 Å². The van der Waals surface area contributed by atoms with Crippen LogP contribution in [0.2, 0.25) is 0 Å². The fourth-order valence-corrected chi connectivity index (χ4v) is 1.50. The second kappa shape index (κ2) is 7.25. The van der Waals surface area contributed by atoms with Crippen LogP contribution in [-0.2, 0) is 4.79 Å². The molecule has 0 aromatic heterocycles. The van der Waals surface area contributed by atoms with E-state index in [-0.39, 0.29) is 18.4 Å². The lowest BCUT2D eigenvalue weighted by molar-refractivity contribution is -0.120. The minimum atomic E-state index is -0.370. The third-order valence-electron chi connectivity index (χ3n) is 2.44. The number of ether oxygens (including phenoxy) is 2. The van der Waals surface area contributed by atoms with Crippen LogP contribution in [0.1, 0.15) is 17.3 Å². The monoisotopic (exact) mass is 266 g/mol. The molecule has 1 aromatic rings. The van der Waals surface area contributed by atoms with Crippen molar-refractivity contribution in [1.82, 2.24) is 10.6 Å². The number of carbonyl (C=O) groups is 2. The van der Waals surface area contributed by atoms with E-state index in [1.807, 2.05) is 6.92 Å². The fraction of sp³-hybridized carbons (Fsp3) is 0.385. The van der Waals surface area contributed by atoms with Crippen molar-refractivity contribution in [2.75, 3.05) is 27.3 Å². The molecule has 0 unspecified atom stereocenters. The zero-order valence-corrected chi connectivity index (χ0v) is 11.3. The SMILES string of the molecule is CCNC(=O)CNC(=O)c1ccc(OC)cc1OC. The molecule has 0 heterocycles. The summed E-state index contributed by atoms with van der Waals surface area (Å²) < 4.78 is 10.2. The Labute approximate surface area is 112 Å². The normalized spacial score (nSPS) is 9.63. The van der Waals surface area contributed by atoms with Crippen molar-refractivity contribution >= 4 is 11.8 Å². The molecule has 2 amide bonds. The fourth-order valence-electron chi connectivity index (χ4n) is 1.50. The first-order valence-electron chi connectivity index (χ1n) is 5.89.